The van der Waals surface area contributed by atoms with Crippen LogP contribution in [0.2, 0.25) is 0 Å². The highest BCUT2D eigenvalue weighted by atomic mass is 28.3. The summed E-state index contributed by atoms with van der Waals surface area (Å²) >= 11 is 0. The maximum absolute atomic E-state index is 3.93. The van der Waals surface area contributed by atoms with E-state index < -0.39 is 8.07 Å². The van der Waals surface area contributed by atoms with E-state index in [1.807, 2.05) is 0 Å². The van der Waals surface area contributed by atoms with Crippen LogP contribution >= 0.6 is 0 Å². The molecule has 1 heterocycles. The van der Waals surface area contributed by atoms with Gasteiger partial charge in [-0.05, 0) is 77.4 Å². The summed E-state index contributed by atoms with van der Waals surface area (Å²) < 4.78 is 0. The lowest BCUT2D eigenvalue weighted by Crippen LogP contribution is -2.76. The summed E-state index contributed by atoms with van der Waals surface area (Å²) in [4.78, 5) is 0. The molecule has 0 unspecified atom stereocenters. The summed E-state index contributed by atoms with van der Waals surface area (Å²) in [6.07, 6.45) is 0. The molecule has 1 nitrogen and oxygen atoms in total. The number of hydrogen-bond acceptors (Lipinski definition) is 1. The molecule has 0 aromatic heterocycles. The summed E-state index contributed by atoms with van der Waals surface area (Å²) in [7, 11) is -2.71. The molecule has 0 radical (unpaired) electrons. The maximum Gasteiger partial charge on any atom is 0.184 e. The van der Waals surface area contributed by atoms with E-state index >= 15 is 0 Å². The van der Waals surface area contributed by atoms with Gasteiger partial charge >= 0.3 is 0 Å². The minimum atomic E-state index is -2.71. The zero-order valence-corrected chi connectivity index (χ0v) is 25.2. The monoisotopic (exact) mass is 575 g/mol. The van der Waals surface area contributed by atoms with E-state index in [0.29, 0.717) is 0 Å². The standard InChI is InChI=1S/C42H29NSi/c1-3-15-29(16-4-1)44(30-17-5-2-6-18-30)41-26-14-13-25-39(41)43-40-27-37-35-23-11-9-21-33(35)31-19-7-8-20-32(31)34-22-10-12-24-36(34)38(37)28-42(40)44/h1-28,43H. The number of anilines is 2. The molecule has 0 bridgehead atoms. The third kappa shape index (κ3) is 3.52. The Balaban J connectivity index is 1.46. The van der Waals surface area contributed by atoms with Crippen molar-refractivity contribution in [1.82, 2.24) is 0 Å². The Morgan fingerprint density at radius 2 is 0.682 bits per heavy atom. The first-order valence-electron chi connectivity index (χ1n) is 15.3. The summed E-state index contributed by atoms with van der Waals surface area (Å²) in [6.45, 7) is 0. The van der Waals surface area contributed by atoms with E-state index in [-0.39, 0.29) is 0 Å². The van der Waals surface area contributed by atoms with Gasteiger partial charge in [0, 0.05) is 11.4 Å². The third-order valence-electron chi connectivity index (χ3n) is 9.52. The van der Waals surface area contributed by atoms with E-state index in [9.17, 15) is 0 Å². The number of hydrogen-bond donors (Lipinski definition) is 1. The molecule has 0 fully saturated rings. The predicted molar refractivity (Wildman–Crippen MR) is 189 cm³/mol. The molecular weight excluding hydrogens is 547 g/mol. The van der Waals surface area contributed by atoms with E-state index in [4.69, 9.17) is 0 Å². The Kier molecular flexibility index (Phi) is 5.59. The molecule has 1 N–H and O–H groups in total. The minimum absolute atomic E-state index is 1.20. The van der Waals surface area contributed by atoms with Crippen molar-refractivity contribution in [2.75, 3.05) is 5.32 Å². The van der Waals surface area contributed by atoms with Gasteiger partial charge in [0.2, 0.25) is 0 Å². The van der Waals surface area contributed by atoms with Crippen LogP contribution in [0.15, 0.2) is 170 Å². The first-order chi connectivity index (χ1) is 21.8. The number of fused-ring (bicyclic) bond motifs is 10. The Morgan fingerprint density at radius 3 is 1.18 bits per heavy atom. The summed E-state index contributed by atoms with van der Waals surface area (Å²) in [5.74, 6) is 0. The molecule has 0 amide bonds. The quantitative estimate of drug-likeness (QED) is 0.205. The average Bonchev–Trinajstić information content (AvgIpc) is 3.10. The Hall–Kier alpha value is -5.44. The molecule has 9 rings (SSSR count). The topological polar surface area (TPSA) is 12.0 Å². The van der Waals surface area contributed by atoms with E-state index in [1.54, 1.807) is 0 Å². The fourth-order valence-electron chi connectivity index (χ4n) is 7.69. The van der Waals surface area contributed by atoms with Crippen molar-refractivity contribution in [3.05, 3.63) is 170 Å². The van der Waals surface area contributed by atoms with Gasteiger partial charge in [-0.15, -0.1) is 0 Å². The van der Waals surface area contributed by atoms with Crippen molar-refractivity contribution in [1.29, 1.82) is 0 Å². The van der Waals surface area contributed by atoms with Crippen molar-refractivity contribution in [2.45, 2.75) is 0 Å². The lowest BCUT2D eigenvalue weighted by Gasteiger charge is -2.41. The largest absolute Gasteiger partial charge is 0.356 e. The van der Waals surface area contributed by atoms with Crippen molar-refractivity contribution in [3.8, 4) is 44.5 Å². The Morgan fingerprint density at radius 1 is 0.295 bits per heavy atom. The van der Waals surface area contributed by atoms with Gasteiger partial charge < -0.3 is 5.32 Å². The molecular formula is C42H29NSi. The summed E-state index contributed by atoms with van der Waals surface area (Å²) in [5, 5.41) is 9.51. The molecule has 206 valence electrons. The van der Waals surface area contributed by atoms with Crippen molar-refractivity contribution in [3.63, 3.8) is 0 Å². The smallest absolute Gasteiger partial charge is 0.184 e. The highest BCUT2D eigenvalue weighted by molar-refractivity contribution is 7.21. The van der Waals surface area contributed by atoms with E-state index in [2.05, 4.69) is 175 Å². The van der Waals surface area contributed by atoms with Crippen LogP contribution in [0.1, 0.15) is 0 Å². The van der Waals surface area contributed by atoms with Crippen molar-refractivity contribution >= 4 is 40.2 Å². The minimum Gasteiger partial charge on any atom is -0.356 e. The number of para-hydroxylation sites is 1. The second-order valence-corrected chi connectivity index (χ2v) is 15.5. The molecule has 0 saturated heterocycles. The van der Waals surface area contributed by atoms with Gasteiger partial charge in [0.1, 0.15) is 0 Å². The van der Waals surface area contributed by atoms with Crippen LogP contribution in [-0.4, -0.2) is 8.07 Å². The first kappa shape index (κ1) is 25.1. The SMILES string of the molecule is c1ccc([Si]2(c3ccccc3)c3ccccc3Nc3cc4c(cc32)-c2ccccc2-c2ccccc2-c2ccccc2-4)cc1. The average molecular weight is 576 g/mol. The Labute approximate surface area is 259 Å². The third-order valence-corrected chi connectivity index (χ3v) is 14.4. The normalized spacial score (nSPS) is 13.4. The van der Waals surface area contributed by atoms with E-state index in [0.717, 1.165) is 0 Å². The van der Waals surface area contributed by atoms with Gasteiger partial charge in [-0.1, -0.05) is 158 Å². The lowest BCUT2D eigenvalue weighted by molar-refractivity contribution is 1.50. The van der Waals surface area contributed by atoms with Gasteiger partial charge in [-0.2, -0.15) is 0 Å². The Bertz CT molecular complexity index is 2160. The second-order valence-electron chi connectivity index (χ2n) is 11.7. The molecule has 1 aliphatic carbocycles. The molecule has 7 aromatic carbocycles. The van der Waals surface area contributed by atoms with Gasteiger partial charge in [0.15, 0.2) is 8.07 Å². The molecule has 2 aliphatic rings. The molecule has 1 aliphatic heterocycles. The number of benzene rings is 7. The van der Waals surface area contributed by atoms with E-state index in [1.165, 1.54) is 76.6 Å². The van der Waals surface area contributed by atoms with Gasteiger partial charge in [-0.25, -0.2) is 0 Å². The highest BCUT2D eigenvalue weighted by Crippen LogP contribution is 2.48. The zero-order chi connectivity index (χ0) is 29.1. The predicted octanol–water partition coefficient (Wildman–Crippen LogP) is 8.10. The lowest BCUT2D eigenvalue weighted by atomic mass is 9.81. The highest BCUT2D eigenvalue weighted by Gasteiger charge is 2.47. The molecule has 2 heteroatoms. The van der Waals surface area contributed by atoms with Gasteiger partial charge in [0.25, 0.3) is 0 Å². The number of nitrogens with one attached hydrogen (secondary N) is 1. The molecule has 0 atom stereocenters. The van der Waals surface area contributed by atoms with Gasteiger partial charge in [-0.3, -0.25) is 0 Å². The molecule has 0 spiro atoms. The fraction of sp³-hybridized carbons (Fsp3) is 0. The van der Waals surface area contributed by atoms with Crippen LogP contribution in [-0.2, 0) is 0 Å². The maximum atomic E-state index is 3.93. The molecule has 44 heavy (non-hydrogen) atoms. The summed E-state index contributed by atoms with van der Waals surface area (Å²) in [6, 6.07) is 63.2. The van der Waals surface area contributed by atoms with Crippen LogP contribution in [0.25, 0.3) is 44.5 Å². The van der Waals surface area contributed by atoms with Crippen LogP contribution in [0.3, 0.4) is 0 Å². The van der Waals surface area contributed by atoms with Crippen molar-refractivity contribution in [2.24, 2.45) is 0 Å². The van der Waals surface area contributed by atoms with Gasteiger partial charge in [0.05, 0.1) is 0 Å². The molecule has 0 saturated carbocycles. The van der Waals surface area contributed by atoms with Crippen LogP contribution in [0.5, 0.6) is 0 Å². The van der Waals surface area contributed by atoms with Crippen LogP contribution in [0.4, 0.5) is 11.4 Å². The molecule has 7 aromatic rings. The number of rotatable bonds is 2. The zero-order valence-electron chi connectivity index (χ0n) is 24.2. The second kappa shape index (κ2) is 9.80. The van der Waals surface area contributed by atoms with Crippen LogP contribution < -0.4 is 26.1 Å². The fourth-order valence-corrected chi connectivity index (χ4v) is 12.7. The summed E-state index contributed by atoms with van der Waals surface area (Å²) in [5.41, 5.74) is 12.6. The van der Waals surface area contributed by atoms with Crippen LogP contribution in [0, 0.1) is 0 Å². The van der Waals surface area contributed by atoms with Crippen molar-refractivity contribution < 1.29 is 0 Å². The first-order valence-corrected chi connectivity index (χ1v) is 17.3.